The normalized spacial score (nSPS) is 19.6. The highest BCUT2D eigenvalue weighted by Gasteiger charge is 2.30. The Kier molecular flexibility index (Phi) is 9.43. The predicted octanol–water partition coefficient (Wildman–Crippen LogP) is 5.71. The number of pyridine rings is 1. The van der Waals surface area contributed by atoms with Crippen LogP contribution in [-0.2, 0) is 4.79 Å². The first kappa shape index (κ1) is 25.9. The summed E-state index contributed by atoms with van der Waals surface area (Å²) in [6.45, 7) is 2.99. The average Bonchev–Trinajstić information content (AvgIpc) is 3.39. The maximum Gasteiger partial charge on any atom is 0.303 e. The molecule has 1 aliphatic heterocycles. The third-order valence-electron chi connectivity index (χ3n) is 6.99. The van der Waals surface area contributed by atoms with E-state index >= 15 is 0 Å². The number of fused-ring (bicyclic) bond motifs is 1. The van der Waals surface area contributed by atoms with Gasteiger partial charge in [0, 0.05) is 30.6 Å². The van der Waals surface area contributed by atoms with E-state index in [1.807, 2.05) is 36.0 Å². The third-order valence-corrected chi connectivity index (χ3v) is 9.10. The largest absolute Gasteiger partial charge is 0.495 e. The minimum atomic E-state index is -0.730. The third kappa shape index (κ3) is 7.19. The Morgan fingerprint density at radius 3 is 2.94 bits per heavy atom. The molecule has 0 saturated carbocycles. The summed E-state index contributed by atoms with van der Waals surface area (Å²) in [4.78, 5) is 18.2. The summed E-state index contributed by atoms with van der Waals surface area (Å²) in [6, 6.07) is 12.0. The van der Waals surface area contributed by atoms with Gasteiger partial charge >= 0.3 is 5.97 Å². The summed E-state index contributed by atoms with van der Waals surface area (Å²) in [7, 11) is 1.62. The monoisotopic (exact) mass is 514 g/mol. The van der Waals surface area contributed by atoms with Crippen LogP contribution in [0.2, 0.25) is 0 Å². The molecule has 0 bridgehead atoms. The highest BCUT2D eigenvalue weighted by molar-refractivity contribution is 8.01. The number of hydrogen-bond acceptors (Lipinski definition) is 7. The fraction of sp³-hybridized carbons (Fsp3) is 0.481. The number of aliphatic carboxylic acids is 1. The van der Waals surface area contributed by atoms with Crippen LogP contribution in [0.15, 0.2) is 52.2 Å². The van der Waals surface area contributed by atoms with Gasteiger partial charge in [-0.15, -0.1) is 23.1 Å². The number of benzene rings is 1. The lowest BCUT2D eigenvalue weighted by molar-refractivity contribution is -0.137. The highest BCUT2D eigenvalue weighted by atomic mass is 32.2. The topological polar surface area (TPSA) is 82.9 Å². The molecule has 1 saturated heterocycles. The quantitative estimate of drug-likeness (QED) is 0.299. The number of carboxylic acid groups (broad SMARTS) is 1. The Balaban J connectivity index is 1.36. The number of methoxy groups -OCH3 is 1. The van der Waals surface area contributed by atoms with E-state index in [1.165, 1.54) is 4.21 Å². The van der Waals surface area contributed by atoms with Crippen molar-refractivity contribution in [3.63, 3.8) is 0 Å². The van der Waals surface area contributed by atoms with E-state index in [2.05, 4.69) is 27.4 Å². The minimum absolute atomic E-state index is 0.205. The molecule has 2 aromatic heterocycles. The number of nitrogens with zero attached hydrogens (tertiary/aromatic N) is 2. The standard InChI is InChI=1S/C27H34N2O4S2/c1-33-21-16-23-22(4-2-5-24(23)28-17-21)25(30)9-7-19-11-12-29(18-20(19)8-10-26(31)32)13-15-35-27-6-3-14-34-27/h2-6,14,16-17,19-20,25,30H,7-13,15,18H2,1H3,(H,31,32)/t19-,20+,25+/m1/s1. The summed E-state index contributed by atoms with van der Waals surface area (Å²) >= 11 is 3.67. The SMILES string of the molecule is COc1cnc2cccc([C@@H](O)CC[C@@H]3CCN(CCSc4cccs4)C[C@@H]3CCC(=O)O)c2c1. The van der Waals surface area contributed by atoms with Crippen molar-refractivity contribution in [2.75, 3.05) is 32.5 Å². The molecule has 0 radical (unpaired) electrons. The number of thioether (sulfide) groups is 1. The van der Waals surface area contributed by atoms with Crippen molar-refractivity contribution < 1.29 is 19.7 Å². The van der Waals surface area contributed by atoms with E-state index in [-0.39, 0.29) is 6.42 Å². The van der Waals surface area contributed by atoms with Gasteiger partial charge in [-0.2, -0.15) is 0 Å². The van der Waals surface area contributed by atoms with Crippen molar-refractivity contribution in [3.05, 3.63) is 53.5 Å². The van der Waals surface area contributed by atoms with Crippen molar-refractivity contribution in [2.24, 2.45) is 11.8 Å². The molecule has 3 aromatic rings. The smallest absolute Gasteiger partial charge is 0.303 e. The van der Waals surface area contributed by atoms with Crippen LogP contribution in [0.4, 0.5) is 0 Å². The zero-order valence-electron chi connectivity index (χ0n) is 20.1. The molecule has 1 fully saturated rings. The fourth-order valence-corrected chi connectivity index (χ4v) is 6.94. The summed E-state index contributed by atoms with van der Waals surface area (Å²) < 4.78 is 6.68. The van der Waals surface area contributed by atoms with Crippen LogP contribution in [-0.4, -0.2) is 58.6 Å². The van der Waals surface area contributed by atoms with Crippen LogP contribution in [0.25, 0.3) is 10.9 Å². The molecule has 2 N–H and O–H groups in total. The van der Waals surface area contributed by atoms with Crippen molar-refractivity contribution >= 4 is 40.0 Å². The Morgan fingerprint density at radius 1 is 1.29 bits per heavy atom. The molecule has 8 heteroatoms. The van der Waals surface area contributed by atoms with Gasteiger partial charge in [-0.3, -0.25) is 9.78 Å². The summed E-state index contributed by atoms with van der Waals surface area (Å²) in [5.41, 5.74) is 1.72. The number of aliphatic hydroxyl groups is 1. The maximum absolute atomic E-state index is 11.3. The molecule has 4 rings (SSSR count). The van der Waals surface area contributed by atoms with Crippen LogP contribution in [0, 0.1) is 11.8 Å². The first-order valence-electron chi connectivity index (χ1n) is 12.2. The van der Waals surface area contributed by atoms with E-state index in [9.17, 15) is 15.0 Å². The average molecular weight is 515 g/mol. The van der Waals surface area contributed by atoms with Crippen LogP contribution >= 0.6 is 23.1 Å². The number of rotatable bonds is 12. The van der Waals surface area contributed by atoms with Gasteiger partial charge < -0.3 is 19.8 Å². The van der Waals surface area contributed by atoms with Gasteiger partial charge in [-0.05, 0) is 73.2 Å². The summed E-state index contributed by atoms with van der Waals surface area (Å²) in [5.74, 6) is 1.76. The molecule has 0 unspecified atom stereocenters. The Labute approximate surface area is 215 Å². The molecule has 188 valence electrons. The molecule has 0 spiro atoms. The number of aromatic nitrogens is 1. The second-order valence-electron chi connectivity index (χ2n) is 9.20. The second kappa shape index (κ2) is 12.7. The lowest BCUT2D eigenvalue weighted by Gasteiger charge is -2.39. The molecular weight excluding hydrogens is 480 g/mol. The molecule has 1 aromatic carbocycles. The molecular formula is C27H34N2O4S2. The number of carbonyl (C=O) groups is 1. The lowest BCUT2D eigenvalue weighted by Crippen LogP contribution is -2.41. The van der Waals surface area contributed by atoms with E-state index in [0.717, 1.165) is 54.7 Å². The molecule has 6 nitrogen and oxygen atoms in total. The molecule has 3 heterocycles. The number of piperidine rings is 1. The van der Waals surface area contributed by atoms with Crippen molar-refractivity contribution in [3.8, 4) is 5.75 Å². The van der Waals surface area contributed by atoms with Crippen molar-refractivity contribution in [2.45, 2.75) is 42.4 Å². The highest BCUT2D eigenvalue weighted by Crippen LogP contribution is 2.35. The van der Waals surface area contributed by atoms with Crippen LogP contribution in [0.5, 0.6) is 5.75 Å². The van der Waals surface area contributed by atoms with Gasteiger partial charge in [0.1, 0.15) is 5.75 Å². The zero-order chi connectivity index (χ0) is 24.6. The fourth-order valence-electron chi connectivity index (χ4n) is 5.08. The predicted molar refractivity (Wildman–Crippen MR) is 142 cm³/mol. The van der Waals surface area contributed by atoms with Gasteiger partial charge in [-0.25, -0.2) is 0 Å². The van der Waals surface area contributed by atoms with E-state index in [0.29, 0.717) is 30.4 Å². The molecule has 3 atom stereocenters. The van der Waals surface area contributed by atoms with Crippen LogP contribution < -0.4 is 4.74 Å². The Morgan fingerprint density at radius 2 is 2.17 bits per heavy atom. The second-order valence-corrected chi connectivity index (χ2v) is 11.5. The summed E-state index contributed by atoms with van der Waals surface area (Å²) in [6.07, 6.45) is 4.59. The number of thiophene rings is 1. The molecule has 0 aliphatic carbocycles. The number of hydrogen-bond donors (Lipinski definition) is 2. The number of likely N-dealkylation sites (tertiary alicyclic amines) is 1. The van der Waals surface area contributed by atoms with E-state index < -0.39 is 12.1 Å². The minimum Gasteiger partial charge on any atom is -0.495 e. The van der Waals surface area contributed by atoms with Gasteiger partial charge in [0.05, 0.1) is 29.1 Å². The number of ether oxygens (including phenoxy) is 1. The summed E-state index contributed by atoms with van der Waals surface area (Å²) in [5, 5.41) is 23.4. The van der Waals surface area contributed by atoms with Gasteiger partial charge in [0.25, 0.3) is 0 Å². The lowest BCUT2D eigenvalue weighted by atomic mass is 9.79. The first-order valence-corrected chi connectivity index (χ1v) is 14.1. The van der Waals surface area contributed by atoms with Crippen LogP contribution in [0.1, 0.15) is 43.8 Å². The first-order chi connectivity index (χ1) is 17.0. The number of aliphatic hydroxyl groups excluding tert-OH is 1. The Bertz CT molecular complexity index is 1090. The van der Waals surface area contributed by atoms with Gasteiger partial charge in [0.15, 0.2) is 0 Å². The van der Waals surface area contributed by atoms with Gasteiger partial charge in [0.2, 0.25) is 0 Å². The van der Waals surface area contributed by atoms with Crippen LogP contribution in [0.3, 0.4) is 0 Å². The van der Waals surface area contributed by atoms with Crippen molar-refractivity contribution in [1.82, 2.24) is 9.88 Å². The molecule has 0 amide bonds. The number of carboxylic acids is 1. The Hall–Kier alpha value is -2.13. The van der Waals surface area contributed by atoms with E-state index in [4.69, 9.17) is 4.74 Å². The molecule has 1 aliphatic rings. The van der Waals surface area contributed by atoms with Gasteiger partial charge in [-0.1, -0.05) is 18.2 Å². The molecule has 35 heavy (non-hydrogen) atoms. The zero-order valence-corrected chi connectivity index (χ0v) is 21.8. The van der Waals surface area contributed by atoms with E-state index in [1.54, 1.807) is 24.6 Å². The van der Waals surface area contributed by atoms with Crippen molar-refractivity contribution in [1.29, 1.82) is 0 Å². The maximum atomic E-state index is 11.3.